The number of rotatable bonds is 4. The van der Waals surface area contributed by atoms with Crippen LogP contribution >= 0.6 is 23.2 Å². The van der Waals surface area contributed by atoms with Gasteiger partial charge in [-0.1, -0.05) is 40.6 Å². The van der Waals surface area contributed by atoms with Crippen molar-refractivity contribution in [3.05, 3.63) is 62.1 Å². The molecular weight excluding hydrogens is 427 g/mol. The fraction of sp³-hybridized carbons (Fsp3) is 0.350. The van der Waals surface area contributed by atoms with Crippen molar-refractivity contribution >= 4 is 40.3 Å². The Balaban J connectivity index is 1.69. The summed E-state index contributed by atoms with van der Waals surface area (Å²) in [5, 5.41) is 9.06. The smallest absolute Gasteiger partial charge is 0.281 e. The number of piperidine rings is 1. The molecule has 1 saturated heterocycles. The van der Waals surface area contributed by atoms with Crippen molar-refractivity contribution in [3.8, 4) is 0 Å². The van der Waals surface area contributed by atoms with Crippen LogP contribution in [0, 0.1) is 0 Å². The molecule has 0 radical (unpaired) electrons. The molecule has 1 aliphatic heterocycles. The van der Waals surface area contributed by atoms with Crippen molar-refractivity contribution in [1.29, 1.82) is 0 Å². The van der Waals surface area contributed by atoms with Gasteiger partial charge in [0.25, 0.3) is 5.56 Å². The minimum Gasteiger partial charge on any atom is -0.338 e. The highest BCUT2D eigenvalue weighted by Gasteiger charge is 2.26. The second-order valence-electron chi connectivity index (χ2n) is 7.19. The fourth-order valence-corrected chi connectivity index (χ4v) is 4.18. The summed E-state index contributed by atoms with van der Waals surface area (Å²) in [6.45, 7) is 3.24. The lowest BCUT2D eigenvalue weighted by Crippen LogP contribution is -2.39. The molecule has 156 valence electrons. The molecule has 3 aromatic rings. The zero-order valence-corrected chi connectivity index (χ0v) is 17.8. The molecular formula is C20H20Cl2N6O2. The minimum atomic E-state index is -0.358. The quantitative estimate of drug-likeness (QED) is 0.620. The van der Waals surface area contributed by atoms with Gasteiger partial charge in [-0.2, -0.15) is 0 Å². The molecule has 0 unspecified atom stereocenters. The van der Waals surface area contributed by atoms with Crippen LogP contribution in [0.15, 0.2) is 35.1 Å². The number of nitrogens with zero attached hydrogens (tertiary/aromatic N) is 5. The minimum absolute atomic E-state index is 0.0364. The zero-order valence-electron chi connectivity index (χ0n) is 16.3. The maximum atomic E-state index is 12.6. The van der Waals surface area contributed by atoms with Crippen LogP contribution < -0.4 is 5.56 Å². The van der Waals surface area contributed by atoms with Crippen molar-refractivity contribution in [2.75, 3.05) is 13.1 Å². The third kappa shape index (κ3) is 3.97. The summed E-state index contributed by atoms with van der Waals surface area (Å²) in [5.74, 6) is 0.419. The topological polar surface area (TPSA) is 96.8 Å². The molecule has 4 rings (SSSR count). The summed E-state index contributed by atoms with van der Waals surface area (Å²) in [5.41, 5.74) is 0.835. The number of likely N-dealkylation sites (tertiary alicyclic amines) is 1. The van der Waals surface area contributed by atoms with Crippen LogP contribution in [0.3, 0.4) is 0 Å². The van der Waals surface area contributed by atoms with Crippen molar-refractivity contribution in [2.45, 2.75) is 32.2 Å². The molecule has 3 heterocycles. The molecule has 0 bridgehead atoms. The van der Waals surface area contributed by atoms with Gasteiger partial charge in [0, 0.05) is 34.6 Å². The summed E-state index contributed by atoms with van der Waals surface area (Å²) in [4.78, 5) is 34.1. The van der Waals surface area contributed by atoms with Crippen LogP contribution in [-0.2, 0) is 11.3 Å². The van der Waals surface area contributed by atoms with E-state index in [4.69, 9.17) is 23.2 Å². The Hall–Kier alpha value is -2.71. The number of H-pyrrole nitrogens is 1. The molecule has 1 amide bonds. The van der Waals surface area contributed by atoms with E-state index >= 15 is 0 Å². The number of carbonyl (C=O) groups excluding carboxylic acids is 1. The molecule has 0 spiro atoms. The van der Waals surface area contributed by atoms with E-state index in [1.807, 2.05) is 6.92 Å². The van der Waals surface area contributed by atoms with Crippen LogP contribution in [0.4, 0.5) is 0 Å². The first-order chi connectivity index (χ1) is 14.5. The Morgan fingerprint density at radius 3 is 2.83 bits per heavy atom. The third-order valence-electron chi connectivity index (χ3n) is 5.19. The van der Waals surface area contributed by atoms with Gasteiger partial charge in [-0.3, -0.25) is 9.59 Å². The standard InChI is InChI=1S/C20H20Cl2N6O2/c1-2-5-16(29)27-9-4-6-12(10-27)18-23-19-17(20(30)24-18)25-26-28(19)11-13-14(21)7-3-8-15(13)22/h2-3,5,7-8,12H,4,6,9-11H2,1H3,(H,23,24,30)/b5-2+/t12-/m1/s1. The van der Waals surface area contributed by atoms with E-state index in [0.717, 1.165) is 12.8 Å². The molecule has 0 aliphatic carbocycles. The van der Waals surface area contributed by atoms with E-state index < -0.39 is 0 Å². The molecule has 1 aromatic carbocycles. The molecule has 30 heavy (non-hydrogen) atoms. The highest BCUT2D eigenvalue weighted by atomic mass is 35.5. The normalized spacial score (nSPS) is 17.2. The number of allylic oxidation sites excluding steroid dienone is 1. The molecule has 8 nitrogen and oxygen atoms in total. The van der Waals surface area contributed by atoms with Gasteiger partial charge in [-0.25, -0.2) is 9.67 Å². The van der Waals surface area contributed by atoms with Gasteiger partial charge < -0.3 is 9.88 Å². The fourth-order valence-electron chi connectivity index (χ4n) is 3.66. The molecule has 2 aromatic heterocycles. The maximum absolute atomic E-state index is 12.6. The van der Waals surface area contributed by atoms with Crippen molar-refractivity contribution in [1.82, 2.24) is 29.9 Å². The first-order valence-corrected chi connectivity index (χ1v) is 10.4. The number of halogens is 2. The zero-order chi connectivity index (χ0) is 21.3. The second-order valence-corrected chi connectivity index (χ2v) is 8.01. The average molecular weight is 447 g/mol. The SMILES string of the molecule is C/C=C/C(=O)N1CCC[C@@H](c2nc3c(nnn3Cc3c(Cl)cccc3Cl)c(=O)[nH]2)C1. The van der Waals surface area contributed by atoms with Crippen molar-refractivity contribution < 1.29 is 4.79 Å². The largest absolute Gasteiger partial charge is 0.338 e. The lowest BCUT2D eigenvalue weighted by molar-refractivity contribution is -0.127. The predicted octanol–water partition coefficient (Wildman–Crippen LogP) is 3.15. The highest BCUT2D eigenvalue weighted by Crippen LogP contribution is 2.27. The maximum Gasteiger partial charge on any atom is 0.281 e. The van der Waals surface area contributed by atoms with Gasteiger partial charge in [0.15, 0.2) is 11.2 Å². The number of carbonyl (C=O) groups is 1. The molecule has 1 aliphatic rings. The summed E-state index contributed by atoms with van der Waals surface area (Å²) in [7, 11) is 0. The number of hydrogen-bond donors (Lipinski definition) is 1. The van der Waals surface area contributed by atoms with E-state index in [1.54, 1.807) is 35.3 Å². The number of aromatic nitrogens is 5. The summed E-state index contributed by atoms with van der Waals surface area (Å²) < 4.78 is 1.52. The van der Waals surface area contributed by atoms with Crippen LogP contribution in [0.2, 0.25) is 10.0 Å². The lowest BCUT2D eigenvalue weighted by atomic mass is 9.97. The van der Waals surface area contributed by atoms with Crippen LogP contribution in [0.1, 0.15) is 37.1 Å². The number of hydrogen-bond acceptors (Lipinski definition) is 5. The number of nitrogens with one attached hydrogen (secondary N) is 1. The lowest BCUT2D eigenvalue weighted by Gasteiger charge is -2.31. The number of benzene rings is 1. The Labute approximate surface area is 182 Å². The average Bonchev–Trinajstić information content (AvgIpc) is 3.14. The molecule has 1 fully saturated rings. The summed E-state index contributed by atoms with van der Waals surface area (Å²) >= 11 is 12.6. The summed E-state index contributed by atoms with van der Waals surface area (Å²) in [6, 6.07) is 5.25. The Morgan fingerprint density at radius 1 is 1.33 bits per heavy atom. The van der Waals surface area contributed by atoms with Crippen LogP contribution in [0.25, 0.3) is 11.2 Å². The first-order valence-electron chi connectivity index (χ1n) is 9.66. The van der Waals surface area contributed by atoms with Crippen LogP contribution in [0.5, 0.6) is 0 Å². The monoisotopic (exact) mass is 446 g/mol. The third-order valence-corrected chi connectivity index (χ3v) is 5.90. The van der Waals surface area contributed by atoms with Gasteiger partial charge in [-0.15, -0.1) is 5.10 Å². The van der Waals surface area contributed by atoms with Crippen molar-refractivity contribution in [3.63, 3.8) is 0 Å². The molecule has 0 saturated carbocycles. The Bertz CT molecular complexity index is 1170. The van der Waals surface area contributed by atoms with E-state index in [9.17, 15) is 9.59 Å². The molecule has 1 N–H and O–H groups in total. The number of amides is 1. The molecule has 10 heteroatoms. The number of aromatic amines is 1. The van der Waals surface area contributed by atoms with E-state index in [2.05, 4.69) is 20.3 Å². The second kappa shape index (κ2) is 8.57. The Morgan fingerprint density at radius 2 is 2.10 bits per heavy atom. The van der Waals surface area contributed by atoms with Gasteiger partial charge >= 0.3 is 0 Å². The van der Waals surface area contributed by atoms with Gasteiger partial charge in [-0.05, 0) is 38.0 Å². The van der Waals surface area contributed by atoms with Crippen molar-refractivity contribution in [2.24, 2.45) is 0 Å². The predicted molar refractivity (Wildman–Crippen MR) is 115 cm³/mol. The number of fused-ring (bicyclic) bond motifs is 1. The van der Waals surface area contributed by atoms with E-state index in [0.29, 0.717) is 40.2 Å². The van der Waals surface area contributed by atoms with E-state index in [1.165, 1.54) is 4.68 Å². The summed E-state index contributed by atoms with van der Waals surface area (Å²) in [6.07, 6.45) is 4.94. The molecule has 1 atom stereocenters. The van der Waals surface area contributed by atoms with Gasteiger partial charge in [0.1, 0.15) is 5.82 Å². The first kappa shape index (κ1) is 20.6. The highest BCUT2D eigenvalue weighted by molar-refractivity contribution is 6.36. The van der Waals surface area contributed by atoms with E-state index in [-0.39, 0.29) is 29.4 Å². The van der Waals surface area contributed by atoms with Gasteiger partial charge in [0.2, 0.25) is 5.91 Å². The van der Waals surface area contributed by atoms with Crippen LogP contribution in [-0.4, -0.2) is 48.9 Å². The Kier molecular flexibility index (Phi) is 5.87. The van der Waals surface area contributed by atoms with Gasteiger partial charge in [0.05, 0.1) is 6.54 Å².